The topological polar surface area (TPSA) is 74.5 Å². The van der Waals surface area contributed by atoms with Gasteiger partial charge in [-0.15, -0.1) is 0 Å². The lowest BCUT2D eigenvalue weighted by Gasteiger charge is -2.12. The predicted molar refractivity (Wildman–Crippen MR) is 105 cm³/mol. The molecule has 8 heteroatoms. The Morgan fingerprint density at radius 1 is 1.19 bits per heavy atom. The number of aliphatic hydroxyl groups excluding tert-OH is 1. The Balaban J connectivity index is 1.73. The number of carbonyl (C=O) groups excluding carboxylic acids is 1. The normalized spacial score (nSPS) is 10.5. The molecule has 0 bridgehead atoms. The minimum Gasteiger partial charge on any atom is -0.459 e. The third kappa shape index (κ3) is 4.71. The molecule has 3 aromatic rings. The van der Waals surface area contributed by atoms with Crippen molar-refractivity contribution in [2.24, 2.45) is 0 Å². The molecular weight excluding hydrogens is 391 g/mol. The van der Waals surface area contributed by atoms with E-state index in [2.05, 4.69) is 10.6 Å². The first-order valence-electron chi connectivity index (χ1n) is 7.83. The predicted octanol–water partition coefficient (Wildman–Crippen LogP) is 4.36. The van der Waals surface area contributed by atoms with Crippen molar-refractivity contribution < 1.29 is 18.7 Å². The van der Waals surface area contributed by atoms with Crippen molar-refractivity contribution in [3.8, 4) is 11.3 Å². The number of amides is 1. The van der Waals surface area contributed by atoms with Crippen LogP contribution in [0.2, 0.25) is 5.02 Å². The minimum absolute atomic E-state index is 0.0128. The monoisotopic (exact) mass is 404 g/mol. The third-order valence-corrected chi connectivity index (χ3v) is 4.16. The number of hydrogen-bond donors (Lipinski definition) is 3. The van der Waals surface area contributed by atoms with E-state index in [4.69, 9.17) is 33.3 Å². The largest absolute Gasteiger partial charge is 0.459 e. The maximum atomic E-state index is 13.2. The van der Waals surface area contributed by atoms with Crippen molar-refractivity contribution >= 4 is 40.5 Å². The minimum atomic E-state index is -0.544. The molecule has 2 aromatic carbocycles. The summed E-state index contributed by atoms with van der Waals surface area (Å²) in [6, 6.07) is 13.8. The first-order valence-corrected chi connectivity index (χ1v) is 8.62. The van der Waals surface area contributed by atoms with E-state index in [1.54, 1.807) is 30.3 Å². The van der Waals surface area contributed by atoms with Gasteiger partial charge in [-0.25, -0.2) is 4.39 Å². The lowest BCUT2D eigenvalue weighted by Crippen LogP contribution is -2.34. The molecule has 5 nitrogen and oxygen atoms in total. The standard InChI is InChI=1S/C19H14ClFN2O3S/c20-15-6-4-11(17-7-5-14(10-24)26-17)9-16(15)22-19(27)23-18(25)12-2-1-3-13(21)8-12/h1-9,24H,10H2,(H2,22,23,25,27). The van der Waals surface area contributed by atoms with Crippen LogP contribution in [-0.2, 0) is 6.61 Å². The lowest BCUT2D eigenvalue weighted by atomic mass is 10.1. The van der Waals surface area contributed by atoms with E-state index in [9.17, 15) is 9.18 Å². The van der Waals surface area contributed by atoms with E-state index in [1.807, 2.05) is 0 Å². The van der Waals surface area contributed by atoms with Crippen molar-refractivity contribution in [1.82, 2.24) is 5.32 Å². The Labute approximate surface area is 164 Å². The molecule has 1 amide bonds. The first kappa shape index (κ1) is 19.0. The van der Waals surface area contributed by atoms with Gasteiger partial charge in [0.25, 0.3) is 5.91 Å². The fourth-order valence-corrected chi connectivity index (χ4v) is 2.72. The molecule has 0 aliphatic carbocycles. The number of carbonyl (C=O) groups is 1. The summed E-state index contributed by atoms with van der Waals surface area (Å²) in [6.07, 6.45) is 0. The van der Waals surface area contributed by atoms with Crippen molar-refractivity contribution in [3.63, 3.8) is 0 Å². The fourth-order valence-electron chi connectivity index (χ4n) is 2.35. The van der Waals surface area contributed by atoms with E-state index < -0.39 is 11.7 Å². The Bertz CT molecular complexity index is 1010. The summed E-state index contributed by atoms with van der Waals surface area (Å²) in [6.45, 7) is -0.200. The van der Waals surface area contributed by atoms with Crippen LogP contribution in [0, 0.1) is 5.82 Å². The number of benzene rings is 2. The maximum absolute atomic E-state index is 13.2. The second kappa shape index (κ2) is 8.30. The molecule has 0 atom stereocenters. The molecule has 0 unspecified atom stereocenters. The molecule has 0 radical (unpaired) electrons. The van der Waals surface area contributed by atoms with Crippen LogP contribution in [0.25, 0.3) is 11.3 Å². The molecule has 138 valence electrons. The van der Waals surface area contributed by atoms with Crippen molar-refractivity contribution in [1.29, 1.82) is 0 Å². The lowest BCUT2D eigenvalue weighted by molar-refractivity contribution is 0.0977. The van der Waals surface area contributed by atoms with E-state index >= 15 is 0 Å². The summed E-state index contributed by atoms with van der Waals surface area (Å²) in [4.78, 5) is 12.1. The number of aliphatic hydroxyl groups is 1. The SMILES string of the molecule is O=C(NC(=S)Nc1cc(-c2ccc(CO)o2)ccc1Cl)c1cccc(F)c1. The summed E-state index contributed by atoms with van der Waals surface area (Å²) in [5, 5.41) is 14.8. The van der Waals surface area contributed by atoms with Crippen LogP contribution < -0.4 is 10.6 Å². The summed E-state index contributed by atoms with van der Waals surface area (Å²) in [5.74, 6) is -0.0725. The van der Waals surface area contributed by atoms with Gasteiger partial charge in [0, 0.05) is 11.1 Å². The Morgan fingerprint density at radius 2 is 2.00 bits per heavy atom. The van der Waals surface area contributed by atoms with E-state index in [1.165, 1.54) is 18.2 Å². The highest BCUT2D eigenvalue weighted by Gasteiger charge is 2.12. The number of anilines is 1. The number of furan rings is 1. The zero-order valence-electron chi connectivity index (χ0n) is 13.8. The van der Waals surface area contributed by atoms with Gasteiger partial charge in [0.2, 0.25) is 0 Å². The van der Waals surface area contributed by atoms with Gasteiger partial charge in [-0.1, -0.05) is 17.7 Å². The van der Waals surface area contributed by atoms with Gasteiger partial charge in [0.05, 0.1) is 10.7 Å². The van der Waals surface area contributed by atoms with Crippen LogP contribution >= 0.6 is 23.8 Å². The van der Waals surface area contributed by atoms with Crippen LogP contribution in [0.4, 0.5) is 10.1 Å². The highest BCUT2D eigenvalue weighted by Crippen LogP contribution is 2.30. The summed E-state index contributed by atoms with van der Waals surface area (Å²) >= 11 is 11.3. The second-order valence-corrected chi connectivity index (χ2v) is 6.35. The number of hydrogen-bond acceptors (Lipinski definition) is 4. The van der Waals surface area contributed by atoms with Crippen LogP contribution in [0.1, 0.15) is 16.1 Å². The van der Waals surface area contributed by atoms with Crippen LogP contribution in [-0.4, -0.2) is 16.1 Å². The van der Waals surface area contributed by atoms with Gasteiger partial charge < -0.3 is 14.8 Å². The molecule has 1 aromatic heterocycles. The van der Waals surface area contributed by atoms with Gasteiger partial charge in [-0.3, -0.25) is 10.1 Å². The molecule has 0 spiro atoms. The molecular formula is C19H14ClFN2O3S. The first-order chi connectivity index (χ1) is 13.0. The maximum Gasteiger partial charge on any atom is 0.257 e. The summed E-state index contributed by atoms with van der Waals surface area (Å²) in [7, 11) is 0. The van der Waals surface area contributed by atoms with Gasteiger partial charge in [-0.2, -0.15) is 0 Å². The van der Waals surface area contributed by atoms with Crippen LogP contribution in [0.3, 0.4) is 0 Å². The zero-order valence-corrected chi connectivity index (χ0v) is 15.4. The van der Waals surface area contributed by atoms with E-state index in [-0.39, 0.29) is 17.3 Å². The average molecular weight is 405 g/mol. The van der Waals surface area contributed by atoms with Crippen molar-refractivity contribution in [2.75, 3.05) is 5.32 Å². The number of halogens is 2. The van der Waals surface area contributed by atoms with Crippen molar-refractivity contribution in [2.45, 2.75) is 6.61 Å². The number of nitrogens with one attached hydrogen (secondary N) is 2. The van der Waals surface area contributed by atoms with Crippen molar-refractivity contribution in [3.05, 3.63) is 76.8 Å². The van der Waals surface area contributed by atoms with Gasteiger partial charge in [0.15, 0.2) is 5.11 Å². The summed E-state index contributed by atoms with van der Waals surface area (Å²) in [5.41, 5.74) is 1.31. The smallest absolute Gasteiger partial charge is 0.257 e. The molecule has 1 heterocycles. The molecule has 0 saturated carbocycles. The second-order valence-electron chi connectivity index (χ2n) is 5.54. The van der Waals surface area contributed by atoms with Gasteiger partial charge in [-0.05, 0) is 60.7 Å². The fraction of sp³-hybridized carbons (Fsp3) is 0.0526. The van der Waals surface area contributed by atoms with Gasteiger partial charge >= 0.3 is 0 Å². The Morgan fingerprint density at radius 3 is 2.70 bits per heavy atom. The van der Waals surface area contributed by atoms with E-state index in [0.29, 0.717) is 27.8 Å². The zero-order chi connectivity index (χ0) is 19.4. The number of rotatable bonds is 4. The van der Waals surface area contributed by atoms with Crippen LogP contribution in [0.5, 0.6) is 0 Å². The third-order valence-electron chi connectivity index (χ3n) is 3.63. The highest BCUT2D eigenvalue weighted by atomic mass is 35.5. The quantitative estimate of drug-likeness (QED) is 0.563. The molecule has 3 rings (SSSR count). The molecule has 0 aliphatic rings. The molecule has 0 aliphatic heterocycles. The highest BCUT2D eigenvalue weighted by molar-refractivity contribution is 7.80. The molecule has 0 saturated heterocycles. The average Bonchev–Trinajstić information content (AvgIpc) is 3.12. The number of thiocarbonyl (C=S) groups is 1. The Hall–Kier alpha value is -2.74. The Kier molecular flexibility index (Phi) is 5.85. The summed E-state index contributed by atoms with van der Waals surface area (Å²) < 4.78 is 18.7. The van der Waals surface area contributed by atoms with Gasteiger partial charge in [0.1, 0.15) is 23.9 Å². The molecule has 0 fully saturated rings. The molecule has 3 N–H and O–H groups in total. The van der Waals surface area contributed by atoms with Crippen LogP contribution in [0.15, 0.2) is 59.0 Å². The van der Waals surface area contributed by atoms with E-state index in [0.717, 1.165) is 6.07 Å². The molecule has 27 heavy (non-hydrogen) atoms.